The van der Waals surface area contributed by atoms with E-state index in [0.717, 1.165) is 23.0 Å². The lowest BCUT2D eigenvalue weighted by atomic mass is 10.1. The highest BCUT2D eigenvalue weighted by molar-refractivity contribution is 7.46. The van der Waals surface area contributed by atoms with Gasteiger partial charge in [0.15, 0.2) is 0 Å². The lowest BCUT2D eigenvalue weighted by Gasteiger charge is -2.21. The number of aromatic nitrogens is 2. The highest BCUT2D eigenvalue weighted by atomic mass is 32.1. The number of ether oxygens (including phenoxy) is 2. The van der Waals surface area contributed by atoms with Gasteiger partial charge in [-0.05, 0) is 30.7 Å². The van der Waals surface area contributed by atoms with E-state index >= 15 is 0 Å². The van der Waals surface area contributed by atoms with Crippen LogP contribution in [0, 0.1) is 0 Å². The molecule has 1 aromatic heterocycles. The minimum Gasteiger partial charge on any atom is -0.493 e. The van der Waals surface area contributed by atoms with Crippen molar-refractivity contribution in [1.29, 1.82) is 0 Å². The Labute approximate surface area is 209 Å². The molecule has 9 nitrogen and oxygen atoms in total. The number of alkyl halides is 3. The summed E-state index contributed by atoms with van der Waals surface area (Å²) in [6.45, 7) is 1.60. The molecular formula is C22H25F3N3O6PS. The first-order valence-electron chi connectivity index (χ1n) is 10.6. The summed E-state index contributed by atoms with van der Waals surface area (Å²) >= 11 is 0.889. The molecule has 0 aliphatic heterocycles. The number of hydrogen-bond acceptors (Lipinski definition) is 8. The molecule has 0 fully saturated rings. The molecule has 0 aliphatic rings. The number of rotatable bonds is 12. The van der Waals surface area contributed by atoms with Gasteiger partial charge in [-0.1, -0.05) is 41.7 Å². The molecular weight excluding hydrogens is 522 g/mol. The van der Waals surface area contributed by atoms with Crippen LogP contribution in [-0.4, -0.2) is 39.8 Å². The monoisotopic (exact) mass is 547 g/mol. The fourth-order valence-electron chi connectivity index (χ4n) is 2.97. The van der Waals surface area contributed by atoms with Gasteiger partial charge in [0.05, 0.1) is 37.5 Å². The minimum atomic E-state index is -4.77. The molecule has 2 aromatic carbocycles. The first kappa shape index (κ1) is 28.2. The molecule has 1 atom stereocenters. The van der Waals surface area contributed by atoms with Crippen LogP contribution >= 0.6 is 19.2 Å². The van der Waals surface area contributed by atoms with Gasteiger partial charge in [-0.15, -0.1) is 10.2 Å². The van der Waals surface area contributed by atoms with E-state index in [9.17, 15) is 17.7 Å². The van der Waals surface area contributed by atoms with Gasteiger partial charge in [0.2, 0.25) is 0 Å². The molecule has 14 heteroatoms. The Kier molecular flexibility index (Phi) is 9.23. The first-order chi connectivity index (χ1) is 16.9. The summed E-state index contributed by atoms with van der Waals surface area (Å²) < 4.78 is 67.4. The van der Waals surface area contributed by atoms with Crippen LogP contribution in [0.25, 0.3) is 10.6 Å². The number of phosphoric acid groups is 1. The highest BCUT2D eigenvalue weighted by Crippen LogP contribution is 2.41. The van der Waals surface area contributed by atoms with E-state index in [2.05, 4.69) is 14.7 Å². The van der Waals surface area contributed by atoms with Crippen LogP contribution in [0.5, 0.6) is 5.75 Å². The Morgan fingerprint density at radius 3 is 2.47 bits per heavy atom. The van der Waals surface area contributed by atoms with Gasteiger partial charge in [0.1, 0.15) is 15.8 Å². The van der Waals surface area contributed by atoms with Crippen molar-refractivity contribution in [3.05, 3.63) is 64.7 Å². The van der Waals surface area contributed by atoms with Gasteiger partial charge >= 0.3 is 14.0 Å². The van der Waals surface area contributed by atoms with Crippen LogP contribution in [-0.2, 0) is 32.1 Å². The predicted octanol–water partition coefficient (Wildman–Crippen LogP) is 4.49. The Balaban J connectivity index is 1.64. The first-order valence-corrected chi connectivity index (χ1v) is 13.0. The fourth-order valence-corrected chi connectivity index (χ4v) is 4.29. The summed E-state index contributed by atoms with van der Waals surface area (Å²) in [5, 5.41) is 8.03. The Hall–Kier alpha value is -2.38. The molecule has 3 aromatic rings. The number of benzene rings is 2. The van der Waals surface area contributed by atoms with E-state index in [1.165, 1.54) is 19.1 Å². The molecule has 196 valence electrons. The van der Waals surface area contributed by atoms with Crippen molar-refractivity contribution >= 4 is 19.2 Å². The van der Waals surface area contributed by atoms with Crippen molar-refractivity contribution in [3.63, 3.8) is 0 Å². The number of phosphoric ester groups is 1. The maximum atomic E-state index is 13.7. The van der Waals surface area contributed by atoms with Crippen LogP contribution in [0.15, 0.2) is 48.5 Å². The second-order valence-electron chi connectivity index (χ2n) is 8.04. The normalized spacial score (nSPS) is 14.0. The summed E-state index contributed by atoms with van der Waals surface area (Å²) in [7, 11) is -4.77. The van der Waals surface area contributed by atoms with Gasteiger partial charge in [-0.25, -0.2) is 4.57 Å². The van der Waals surface area contributed by atoms with Gasteiger partial charge in [0.25, 0.3) is 0 Å². The molecule has 0 amide bonds. The fraction of sp³-hybridized carbons (Fsp3) is 0.364. The molecule has 1 heterocycles. The van der Waals surface area contributed by atoms with Crippen LogP contribution in [0.3, 0.4) is 0 Å². The summed E-state index contributed by atoms with van der Waals surface area (Å²) in [6, 6.07) is 13.0. The van der Waals surface area contributed by atoms with Crippen molar-refractivity contribution < 1.29 is 41.5 Å². The lowest BCUT2D eigenvalue weighted by molar-refractivity contribution is -0.138. The zero-order valence-corrected chi connectivity index (χ0v) is 20.9. The highest BCUT2D eigenvalue weighted by Gasteiger charge is 2.35. The predicted molar refractivity (Wildman–Crippen MR) is 126 cm³/mol. The molecule has 0 spiro atoms. The summed E-state index contributed by atoms with van der Waals surface area (Å²) in [4.78, 5) is 17.7. The smallest absolute Gasteiger partial charge is 0.469 e. The molecule has 0 saturated carbocycles. The lowest BCUT2D eigenvalue weighted by Crippen LogP contribution is -2.37. The second-order valence-corrected chi connectivity index (χ2v) is 10.3. The Bertz CT molecular complexity index is 1190. The third-order valence-electron chi connectivity index (χ3n) is 4.78. The van der Waals surface area contributed by atoms with Gasteiger partial charge in [-0.3, -0.25) is 4.52 Å². The summed E-state index contributed by atoms with van der Waals surface area (Å²) in [6.07, 6.45) is -4.28. The van der Waals surface area contributed by atoms with E-state index in [-0.39, 0.29) is 27.9 Å². The Morgan fingerprint density at radius 2 is 1.81 bits per heavy atom. The van der Waals surface area contributed by atoms with Gasteiger partial charge in [0, 0.05) is 12.0 Å². The molecule has 0 aliphatic carbocycles. The average molecular weight is 547 g/mol. The maximum Gasteiger partial charge on any atom is 0.469 e. The third kappa shape index (κ3) is 8.34. The number of nitrogens with two attached hydrogens (primary N) is 1. The van der Waals surface area contributed by atoms with Gasteiger partial charge < -0.3 is 25.0 Å². The molecule has 0 bridgehead atoms. The molecule has 36 heavy (non-hydrogen) atoms. The molecule has 0 unspecified atom stereocenters. The molecule has 0 radical (unpaired) electrons. The van der Waals surface area contributed by atoms with Crippen LogP contribution in [0.4, 0.5) is 13.2 Å². The summed E-state index contributed by atoms with van der Waals surface area (Å²) in [5.41, 5.74) is 4.75. The number of halogens is 3. The number of nitrogens with zero attached hydrogens (tertiary/aromatic N) is 2. The Morgan fingerprint density at radius 1 is 1.08 bits per heavy atom. The topological polar surface area (TPSA) is 137 Å². The van der Waals surface area contributed by atoms with Crippen LogP contribution in [0.1, 0.15) is 29.5 Å². The zero-order valence-electron chi connectivity index (χ0n) is 19.1. The van der Waals surface area contributed by atoms with Crippen molar-refractivity contribution in [3.8, 4) is 16.3 Å². The van der Waals surface area contributed by atoms with Crippen LogP contribution < -0.4 is 10.5 Å². The van der Waals surface area contributed by atoms with Gasteiger partial charge in [-0.2, -0.15) is 13.2 Å². The quantitative estimate of drug-likeness (QED) is 0.221. The van der Waals surface area contributed by atoms with E-state index in [0.29, 0.717) is 19.6 Å². The van der Waals surface area contributed by atoms with Crippen LogP contribution in [0.2, 0.25) is 0 Å². The van der Waals surface area contributed by atoms with E-state index in [1.807, 2.05) is 30.3 Å². The maximum absolute atomic E-state index is 13.7. The van der Waals surface area contributed by atoms with E-state index in [4.69, 9.17) is 25.0 Å². The largest absolute Gasteiger partial charge is 0.493 e. The van der Waals surface area contributed by atoms with Crippen molar-refractivity contribution in [2.45, 2.75) is 31.7 Å². The SMILES string of the molecule is C[C@](N)(COP(=O)(O)O)c1nnc(-c2ccc(OCCCOCc3ccccc3)c(C(F)(F)F)c2)s1. The van der Waals surface area contributed by atoms with E-state index < -0.39 is 31.7 Å². The summed E-state index contributed by atoms with van der Waals surface area (Å²) in [5.74, 6) is -0.322. The average Bonchev–Trinajstić information content (AvgIpc) is 3.31. The molecule has 0 saturated heterocycles. The third-order valence-corrected chi connectivity index (χ3v) is 6.50. The van der Waals surface area contributed by atoms with Crippen molar-refractivity contribution in [2.75, 3.05) is 19.8 Å². The standard InChI is InChI=1S/C22H25F3N3O6PS/c1-21(26,14-34-35(29,30)31)20-28-27-19(36-20)16-8-9-18(17(12-16)22(23,24)25)33-11-5-10-32-13-15-6-3-2-4-7-15/h2-4,6-9,12H,5,10-11,13-14,26H2,1H3,(H2,29,30,31)/t21-/m0/s1. The number of hydrogen-bond donors (Lipinski definition) is 3. The zero-order chi connectivity index (χ0) is 26.4. The van der Waals surface area contributed by atoms with Crippen molar-refractivity contribution in [2.24, 2.45) is 5.73 Å². The molecule has 3 rings (SSSR count). The molecule has 4 N–H and O–H groups in total. The van der Waals surface area contributed by atoms with Crippen molar-refractivity contribution in [1.82, 2.24) is 10.2 Å². The second kappa shape index (κ2) is 11.8. The minimum absolute atomic E-state index is 0.0330. The van der Waals surface area contributed by atoms with E-state index in [1.54, 1.807) is 0 Å².